The highest BCUT2D eigenvalue weighted by molar-refractivity contribution is 5.96. The zero-order valence-electron chi connectivity index (χ0n) is 16.4. The smallest absolute Gasteiger partial charge is 0.340 e. The van der Waals surface area contributed by atoms with E-state index in [-0.39, 0.29) is 0 Å². The van der Waals surface area contributed by atoms with Gasteiger partial charge < -0.3 is 24.8 Å². The Morgan fingerprint density at radius 3 is 2.38 bits per heavy atom. The third-order valence-corrected chi connectivity index (χ3v) is 4.01. The fraction of sp³-hybridized carbons (Fsp3) is 0.190. The maximum atomic E-state index is 12.1. The normalized spacial score (nSPS) is 10.2. The van der Waals surface area contributed by atoms with E-state index in [4.69, 9.17) is 14.2 Å². The van der Waals surface area contributed by atoms with Gasteiger partial charge in [0.25, 0.3) is 0 Å². The van der Waals surface area contributed by atoms with Crippen LogP contribution in [0.3, 0.4) is 0 Å². The molecule has 150 valence electrons. The van der Waals surface area contributed by atoms with Crippen molar-refractivity contribution in [2.75, 3.05) is 31.5 Å². The van der Waals surface area contributed by atoms with E-state index in [0.29, 0.717) is 41.0 Å². The van der Waals surface area contributed by atoms with Crippen LogP contribution in [0.25, 0.3) is 0 Å². The minimum Gasteiger partial charge on any atom is -0.493 e. The first-order chi connectivity index (χ1) is 14.1. The highest BCUT2D eigenvalue weighted by Crippen LogP contribution is 2.31. The highest BCUT2D eigenvalue weighted by Gasteiger charge is 2.13. The first kappa shape index (κ1) is 19.9. The number of rotatable bonds is 8. The molecule has 3 aromatic rings. The van der Waals surface area contributed by atoms with Gasteiger partial charge in [0.1, 0.15) is 18.0 Å². The van der Waals surface area contributed by atoms with E-state index in [0.717, 1.165) is 5.69 Å². The number of hydrogen-bond donors (Lipinski definition) is 2. The van der Waals surface area contributed by atoms with Crippen molar-refractivity contribution < 1.29 is 19.0 Å². The van der Waals surface area contributed by atoms with E-state index < -0.39 is 5.97 Å². The Hall–Kier alpha value is -3.81. The molecule has 3 rings (SSSR count). The van der Waals surface area contributed by atoms with Crippen molar-refractivity contribution in [1.29, 1.82) is 0 Å². The Labute approximate surface area is 168 Å². The summed E-state index contributed by atoms with van der Waals surface area (Å²) in [5.74, 6) is 1.95. The van der Waals surface area contributed by atoms with Gasteiger partial charge >= 0.3 is 5.97 Å². The predicted molar refractivity (Wildman–Crippen MR) is 111 cm³/mol. The number of carbonyl (C=O) groups is 1. The predicted octanol–water partition coefficient (Wildman–Crippen LogP) is 4.16. The molecule has 0 unspecified atom stereocenters. The number of benzene rings is 2. The molecule has 0 atom stereocenters. The van der Waals surface area contributed by atoms with Crippen LogP contribution in [0.4, 0.5) is 23.0 Å². The number of esters is 1. The summed E-state index contributed by atoms with van der Waals surface area (Å²) in [6, 6.07) is 14.3. The molecule has 2 aromatic carbocycles. The molecule has 1 aromatic heterocycles. The monoisotopic (exact) mass is 394 g/mol. The van der Waals surface area contributed by atoms with Crippen LogP contribution in [0.2, 0.25) is 0 Å². The second-order valence-corrected chi connectivity index (χ2v) is 5.87. The van der Waals surface area contributed by atoms with Gasteiger partial charge in [-0.2, -0.15) is 0 Å². The molecule has 0 bridgehead atoms. The number of anilines is 4. The molecule has 0 fully saturated rings. The fourth-order valence-corrected chi connectivity index (χ4v) is 2.67. The Morgan fingerprint density at radius 1 is 0.931 bits per heavy atom. The van der Waals surface area contributed by atoms with Gasteiger partial charge in [-0.05, 0) is 31.2 Å². The van der Waals surface area contributed by atoms with E-state index in [1.165, 1.54) is 6.33 Å². The summed E-state index contributed by atoms with van der Waals surface area (Å²) in [7, 11) is 3.16. The van der Waals surface area contributed by atoms with E-state index in [2.05, 4.69) is 20.6 Å². The Bertz CT molecular complexity index is 994. The van der Waals surface area contributed by atoms with Crippen molar-refractivity contribution in [2.45, 2.75) is 6.92 Å². The quantitative estimate of drug-likeness (QED) is 0.550. The molecule has 2 N–H and O–H groups in total. The summed E-state index contributed by atoms with van der Waals surface area (Å²) >= 11 is 0. The van der Waals surface area contributed by atoms with Gasteiger partial charge in [0.2, 0.25) is 0 Å². The third kappa shape index (κ3) is 4.92. The van der Waals surface area contributed by atoms with Crippen LogP contribution in [-0.2, 0) is 4.74 Å². The molecule has 8 heteroatoms. The summed E-state index contributed by atoms with van der Waals surface area (Å²) in [5.41, 5.74) is 1.81. The van der Waals surface area contributed by atoms with Gasteiger partial charge in [0.05, 0.1) is 32.1 Å². The van der Waals surface area contributed by atoms with Crippen LogP contribution in [0.5, 0.6) is 11.5 Å². The first-order valence-electron chi connectivity index (χ1n) is 8.99. The zero-order chi connectivity index (χ0) is 20.6. The fourth-order valence-electron chi connectivity index (χ4n) is 2.67. The molecule has 29 heavy (non-hydrogen) atoms. The average Bonchev–Trinajstić information content (AvgIpc) is 2.74. The van der Waals surface area contributed by atoms with E-state index in [9.17, 15) is 4.79 Å². The van der Waals surface area contributed by atoms with Crippen molar-refractivity contribution in [3.63, 3.8) is 0 Å². The maximum Gasteiger partial charge on any atom is 0.340 e. The van der Waals surface area contributed by atoms with Gasteiger partial charge in [0.15, 0.2) is 11.5 Å². The van der Waals surface area contributed by atoms with Crippen LogP contribution in [0, 0.1) is 0 Å². The van der Waals surface area contributed by atoms with Gasteiger partial charge in [0, 0.05) is 17.8 Å². The molecule has 0 aliphatic carbocycles. The molecule has 0 saturated carbocycles. The highest BCUT2D eigenvalue weighted by atomic mass is 16.5. The number of nitrogens with one attached hydrogen (secondary N) is 2. The van der Waals surface area contributed by atoms with Gasteiger partial charge in [-0.15, -0.1) is 0 Å². The second-order valence-electron chi connectivity index (χ2n) is 5.87. The SMILES string of the molecule is CCOC(=O)c1ccccc1Nc1cc(Nc2ccc(OC)c(OC)c2)ncn1. The molecular formula is C21H22N4O4. The van der Waals surface area contributed by atoms with Crippen molar-refractivity contribution >= 4 is 29.0 Å². The van der Waals surface area contributed by atoms with Crippen LogP contribution in [0.15, 0.2) is 54.9 Å². The lowest BCUT2D eigenvalue weighted by atomic mass is 10.2. The standard InChI is InChI=1S/C21H22N4O4/c1-4-29-21(26)15-7-5-6-8-16(15)25-20-12-19(22-13-23-20)24-14-9-10-17(27-2)18(11-14)28-3/h5-13H,4H2,1-3H3,(H2,22,23,24,25). The Kier molecular flexibility index (Phi) is 6.47. The maximum absolute atomic E-state index is 12.1. The van der Waals surface area contributed by atoms with Gasteiger partial charge in [-0.1, -0.05) is 12.1 Å². The minimum absolute atomic E-state index is 0.306. The van der Waals surface area contributed by atoms with Crippen molar-refractivity contribution in [3.05, 3.63) is 60.4 Å². The second kappa shape index (κ2) is 9.41. The number of hydrogen-bond acceptors (Lipinski definition) is 8. The number of methoxy groups -OCH3 is 2. The number of ether oxygens (including phenoxy) is 3. The lowest BCUT2D eigenvalue weighted by molar-refractivity contribution is 0.0527. The van der Waals surface area contributed by atoms with Gasteiger partial charge in [-0.25, -0.2) is 14.8 Å². The van der Waals surface area contributed by atoms with Crippen LogP contribution >= 0.6 is 0 Å². The number of para-hydroxylation sites is 1. The molecule has 0 amide bonds. The van der Waals surface area contributed by atoms with E-state index in [1.54, 1.807) is 51.5 Å². The largest absolute Gasteiger partial charge is 0.493 e. The molecule has 8 nitrogen and oxygen atoms in total. The first-order valence-corrected chi connectivity index (χ1v) is 8.99. The summed E-state index contributed by atoms with van der Waals surface area (Å²) in [6.07, 6.45) is 1.43. The summed E-state index contributed by atoms with van der Waals surface area (Å²) in [5, 5.41) is 6.34. The number of nitrogens with zero attached hydrogens (tertiary/aromatic N) is 2. The molecule has 0 saturated heterocycles. The average molecular weight is 394 g/mol. The lowest BCUT2D eigenvalue weighted by Crippen LogP contribution is -2.08. The van der Waals surface area contributed by atoms with Crippen molar-refractivity contribution in [2.24, 2.45) is 0 Å². The lowest BCUT2D eigenvalue weighted by Gasteiger charge is -2.13. The van der Waals surface area contributed by atoms with Gasteiger partial charge in [-0.3, -0.25) is 0 Å². The molecule has 0 radical (unpaired) electrons. The van der Waals surface area contributed by atoms with Crippen LogP contribution in [-0.4, -0.2) is 36.8 Å². The van der Waals surface area contributed by atoms with E-state index in [1.807, 2.05) is 18.2 Å². The van der Waals surface area contributed by atoms with Crippen molar-refractivity contribution in [3.8, 4) is 11.5 Å². The summed E-state index contributed by atoms with van der Waals surface area (Å²) in [6.45, 7) is 2.07. The molecule has 0 aliphatic rings. The molecule has 0 aliphatic heterocycles. The number of aromatic nitrogens is 2. The molecule has 0 spiro atoms. The summed E-state index contributed by atoms with van der Waals surface area (Å²) < 4.78 is 15.7. The van der Waals surface area contributed by atoms with Crippen molar-refractivity contribution in [1.82, 2.24) is 9.97 Å². The molecular weight excluding hydrogens is 372 g/mol. The Morgan fingerprint density at radius 2 is 1.66 bits per heavy atom. The topological polar surface area (TPSA) is 94.6 Å². The minimum atomic E-state index is -0.395. The van der Waals surface area contributed by atoms with Crippen LogP contribution in [0.1, 0.15) is 17.3 Å². The Balaban J connectivity index is 1.80. The van der Waals surface area contributed by atoms with E-state index >= 15 is 0 Å². The zero-order valence-corrected chi connectivity index (χ0v) is 16.4. The van der Waals surface area contributed by atoms with Crippen LogP contribution < -0.4 is 20.1 Å². The summed E-state index contributed by atoms with van der Waals surface area (Å²) in [4.78, 5) is 20.6. The number of carbonyl (C=O) groups excluding carboxylic acids is 1. The third-order valence-electron chi connectivity index (χ3n) is 4.01. The molecule has 1 heterocycles.